The molecule has 1 aliphatic heterocycles. The highest BCUT2D eigenvalue weighted by molar-refractivity contribution is 6.01. The zero-order chi connectivity index (χ0) is 33.2. The Morgan fingerprint density at radius 1 is 0.935 bits per heavy atom. The van der Waals surface area contributed by atoms with Crippen LogP contribution in [0.4, 0.5) is 5.82 Å². The molecule has 242 valence electrons. The van der Waals surface area contributed by atoms with Crippen LogP contribution in [0.25, 0.3) is 22.2 Å². The van der Waals surface area contributed by atoms with Crippen LogP contribution in [0.1, 0.15) is 51.1 Å². The Bertz CT molecular complexity index is 1650. The zero-order valence-electron chi connectivity index (χ0n) is 26.5. The number of ether oxygens (including phenoxy) is 1. The number of nitriles is 1. The Balaban J connectivity index is 0.000000541. The van der Waals surface area contributed by atoms with Gasteiger partial charge in [0.05, 0.1) is 10.9 Å². The van der Waals surface area contributed by atoms with Crippen LogP contribution in [-0.2, 0) is 9.59 Å². The van der Waals surface area contributed by atoms with Gasteiger partial charge in [-0.15, -0.1) is 0 Å². The van der Waals surface area contributed by atoms with Gasteiger partial charge in [-0.25, -0.2) is 9.97 Å². The van der Waals surface area contributed by atoms with E-state index >= 15 is 0 Å². The molecule has 4 N–H and O–H groups in total. The van der Waals surface area contributed by atoms with E-state index in [0.717, 1.165) is 75.0 Å². The number of likely N-dealkylation sites (N-methyl/N-ethyl adjacent to an activating group) is 1. The number of nitrogen functional groups attached to an aromatic ring is 1. The van der Waals surface area contributed by atoms with Gasteiger partial charge in [-0.2, -0.15) is 5.26 Å². The van der Waals surface area contributed by atoms with Crippen LogP contribution in [0.2, 0.25) is 0 Å². The molecule has 46 heavy (non-hydrogen) atoms. The van der Waals surface area contributed by atoms with Crippen molar-refractivity contribution in [3.63, 3.8) is 0 Å². The molecule has 4 aromatic rings. The number of nitrogens with zero attached hydrogens (tertiary/aromatic N) is 6. The number of carboxylic acids is 2. The van der Waals surface area contributed by atoms with Crippen molar-refractivity contribution in [2.24, 2.45) is 0 Å². The molecule has 2 aliphatic rings. The van der Waals surface area contributed by atoms with E-state index in [1.807, 2.05) is 48.5 Å². The molecule has 1 aliphatic carbocycles. The predicted molar refractivity (Wildman–Crippen MR) is 176 cm³/mol. The Hall–Kier alpha value is -4.99. The van der Waals surface area contributed by atoms with Crippen LogP contribution >= 0.6 is 0 Å². The third kappa shape index (κ3) is 8.80. The van der Waals surface area contributed by atoms with Crippen molar-refractivity contribution in [3.8, 4) is 28.7 Å². The average molecular weight is 628 g/mol. The minimum Gasteiger partial charge on any atom is -0.481 e. The van der Waals surface area contributed by atoms with Crippen molar-refractivity contribution in [1.29, 1.82) is 5.26 Å². The molecule has 0 atom stereocenters. The molecule has 2 aromatic heterocycles. The van der Waals surface area contributed by atoms with E-state index in [1.54, 1.807) is 6.33 Å². The first kappa shape index (κ1) is 33.9. The third-order valence-electron chi connectivity index (χ3n) is 8.13. The lowest BCUT2D eigenvalue weighted by Gasteiger charge is -2.41. The van der Waals surface area contributed by atoms with E-state index in [-0.39, 0.29) is 0 Å². The van der Waals surface area contributed by atoms with Gasteiger partial charge in [0.2, 0.25) is 0 Å². The molecule has 6 rings (SSSR count). The number of anilines is 1. The molecule has 12 nitrogen and oxygen atoms in total. The van der Waals surface area contributed by atoms with Gasteiger partial charge in [0.15, 0.2) is 0 Å². The maximum absolute atomic E-state index is 9.90. The van der Waals surface area contributed by atoms with Crippen molar-refractivity contribution in [2.75, 3.05) is 39.0 Å². The molecule has 2 aromatic carbocycles. The van der Waals surface area contributed by atoms with Crippen LogP contribution in [0.5, 0.6) is 11.5 Å². The molecule has 2 fully saturated rings. The average Bonchev–Trinajstić information content (AvgIpc) is 3.43. The number of benzene rings is 2. The number of piperazine rings is 1. The number of aromatic nitrogens is 3. The van der Waals surface area contributed by atoms with E-state index in [1.165, 1.54) is 12.8 Å². The second kappa shape index (κ2) is 15.8. The lowest BCUT2D eigenvalue weighted by molar-refractivity contribution is -0.135. The number of hydrogen-bond acceptors (Lipinski definition) is 9. The molecule has 1 saturated heterocycles. The summed E-state index contributed by atoms with van der Waals surface area (Å²) in [6.45, 7) is 6.80. The second-order valence-electron chi connectivity index (χ2n) is 11.5. The number of hydrogen-bond donors (Lipinski definition) is 3. The Kier molecular flexibility index (Phi) is 11.7. The van der Waals surface area contributed by atoms with Gasteiger partial charge >= 0.3 is 0 Å². The van der Waals surface area contributed by atoms with Crippen LogP contribution in [-0.4, -0.2) is 85.8 Å². The minimum absolute atomic E-state index is 0.361. The SMILES string of the molecule is CC(=O)O.CC(=O)O.CN1CCN(C2CCC(n3cc(-c4ccc(Oc5ccccc5)c(C#N)c4)c4c(N)ncnc43)CC2)CC1. The second-order valence-corrected chi connectivity index (χ2v) is 11.5. The maximum atomic E-state index is 9.90. The fourth-order valence-electron chi connectivity index (χ4n) is 5.98. The molecule has 1 saturated carbocycles. The number of nitrogens with two attached hydrogens (primary N) is 1. The van der Waals surface area contributed by atoms with Gasteiger partial charge in [0.25, 0.3) is 11.9 Å². The molecule has 0 amide bonds. The number of fused-ring (bicyclic) bond motifs is 1. The first-order valence-electron chi connectivity index (χ1n) is 15.3. The van der Waals surface area contributed by atoms with Crippen molar-refractivity contribution in [3.05, 3.63) is 66.6 Å². The molecule has 0 radical (unpaired) electrons. The Morgan fingerprint density at radius 3 is 2.15 bits per heavy atom. The highest BCUT2D eigenvalue weighted by Gasteiger charge is 2.30. The van der Waals surface area contributed by atoms with Crippen LogP contribution in [0.15, 0.2) is 61.1 Å². The van der Waals surface area contributed by atoms with Crippen molar-refractivity contribution >= 4 is 28.8 Å². The molecule has 3 heterocycles. The van der Waals surface area contributed by atoms with Gasteiger partial charge in [0.1, 0.15) is 35.4 Å². The zero-order valence-corrected chi connectivity index (χ0v) is 26.5. The van der Waals surface area contributed by atoms with Crippen molar-refractivity contribution < 1.29 is 24.5 Å². The summed E-state index contributed by atoms with van der Waals surface area (Å²) in [5, 5.41) is 25.6. The highest BCUT2D eigenvalue weighted by Crippen LogP contribution is 2.40. The number of rotatable bonds is 5. The van der Waals surface area contributed by atoms with E-state index < -0.39 is 11.9 Å². The largest absolute Gasteiger partial charge is 0.481 e. The maximum Gasteiger partial charge on any atom is 0.300 e. The Labute approximate surface area is 268 Å². The summed E-state index contributed by atoms with van der Waals surface area (Å²) < 4.78 is 8.28. The van der Waals surface area contributed by atoms with Crippen LogP contribution < -0.4 is 10.5 Å². The standard InChI is InChI=1S/C30H33N7O.2C2H4O2/c1-35-13-15-36(16-14-35)23-8-10-24(11-9-23)37-19-26(28-29(32)33-20-34-30(28)37)21-7-12-27(22(17-21)18-31)38-25-5-3-2-4-6-25;2*1-2(3)4/h2-7,12,17,19-20,23-24H,8-11,13-16H2,1H3,(H2,32,33,34);2*1H3,(H,3,4). The summed E-state index contributed by atoms with van der Waals surface area (Å²) in [4.78, 5) is 32.1. The van der Waals surface area contributed by atoms with E-state index in [0.29, 0.717) is 35.0 Å². The van der Waals surface area contributed by atoms with Gasteiger partial charge in [-0.3, -0.25) is 14.5 Å². The van der Waals surface area contributed by atoms with Crippen molar-refractivity contribution in [1.82, 2.24) is 24.3 Å². The molecule has 0 bridgehead atoms. The Morgan fingerprint density at radius 2 is 1.54 bits per heavy atom. The molecule has 0 spiro atoms. The fraction of sp³-hybridized carbons (Fsp3) is 0.382. The van der Waals surface area contributed by atoms with Crippen molar-refractivity contribution in [2.45, 2.75) is 51.6 Å². The van der Waals surface area contributed by atoms with E-state index in [9.17, 15) is 5.26 Å². The topological polar surface area (TPSA) is 171 Å². The van der Waals surface area contributed by atoms with Gasteiger partial charge in [-0.05, 0) is 62.6 Å². The third-order valence-corrected chi connectivity index (χ3v) is 8.13. The first-order chi connectivity index (χ1) is 22.1. The summed E-state index contributed by atoms with van der Waals surface area (Å²) in [6, 6.07) is 18.5. The van der Waals surface area contributed by atoms with Gasteiger partial charge in [0, 0.05) is 63.9 Å². The summed E-state index contributed by atoms with van der Waals surface area (Å²) in [7, 11) is 2.21. The molecular formula is C34H41N7O5. The summed E-state index contributed by atoms with van der Waals surface area (Å²) >= 11 is 0. The lowest BCUT2D eigenvalue weighted by atomic mass is 9.89. The minimum atomic E-state index is -0.833. The predicted octanol–water partition coefficient (Wildman–Crippen LogP) is 5.26. The number of carboxylic acid groups (broad SMARTS) is 2. The quantitative estimate of drug-likeness (QED) is 0.264. The number of carbonyl (C=O) groups is 2. The molecule has 12 heteroatoms. The van der Waals surface area contributed by atoms with Crippen LogP contribution in [0, 0.1) is 11.3 Å². The lowest BCUT2D eigenvalue weighted by Crippen LogP contribution is -2.49. The molecule has 0 unspecified atom stereocenters. The smallest absolute Gasteiger partial charge is 0.300 e. The fourth-order valence-corrected chi connectivity index (χ4v) is 5.98. The number of aliphatic carboxylic acids is 2. The first-order valence-corrected chi connectivity index (χ1v) is 15.3. The van der Waals surface area contributed by atoms with Gasteiger partial charge in [-0.1, -0.05) is 24.3 Å². The number of para-hydroxylation sites is 1. The summed E-state index contributed by atoms with van der Waals surface area (Å²) in [5.41, 5.74) is 9.58. The summed E-state index contributed by atoms with van der Waals surface area (Å²) in [6.07, 6.45) is 8.30. The highest BCUT2D eigenvalue weighted by atomic mass is 16.5. The van der Waals surface area contributed by atoms with E-state index in [2.05, 4.69) is 43.6 Å². The normalized spacial score (nSPS) is 18.3. The van der Waals surface area contributed by atoms with Gasteiger partial charge < -0.3 is 30.2 Å². The monoisotopic (exact) mass is 627 g/mol. The van der Waals surface area contributed by atoms with Crippen LogP contribution in [0.3, 0.4) is 0 Å². The van der Waals surface area contributed by atoms with E-state index in [4.69, 9.17) is 30.3 Å². The molecular weight excluding hydrogens is 586 g/mol. The summed E-state index contributed by atoms with van der Waals surface area (Å²) in [5.74, 6) is 0.00815.